The van der Waals surface area contributed by atoms with Crippen LogP contribution in [-0.2, 0) is 19.6 Å². The van der Waals surface area contributed by atoms with Gasteiger partial charge in [-0.15, -0.1) is 0 Å². The highest BCUT2D eigenvalue weighted by Gasteiger charge is 2.30. The van der Waals surface area contributed by atoms with E-state index in [-0.39, 0.29) is 28.8 Å². The number of methoxy groups -OCH3 is 2. The number of hydrogen-bond acceptors (Lipinski definition) is 8. The molecule has 4 aromatic rings. The van der Waals surface area contributed by atoms with E-state index in [2.05, 4.69) is 15.8 Å². The fourth-order valence-electron chi connectivity index (χ4n) is 3.99. The topological polar surface area (TPSA) is 136 Å². The van der Waals surface area contributed by atoms with Crippen LogP contribution in [0.1, 0.15) is 11.1 Å². The van der Waals surface area contributed by atoms with Gasteiger partial charge in [0, 0.05) is 11.8 Å². The molecular formula is C32H32N4O7S. The number of hydrogen-bond donors (Lipinski definition) is 2. The lowest BCUT2D eigenvalue weighted by atomic mass is 10.2. The summed E-state index contributed by atoms with van der Waals surface area (Å²) in [5.74, 6) is 0.101. The number of hydrazone groups is 1. The van der Waals surface area contributed by atoms with Crippen LogP contribution in [0.15, 0.2) is 107 Å². The Morgan fingerprint density at radius 1 is 0.841 bits per heavy atom. The Balaban J connectivity index is 1.42. The van der Waals surface area contributed by atoms with Crippen LogP contribution >= 0.6 is 0 Å². The minimum Gasteiger partial charge on any atom is -0.497 e. The third-order valence-corrected chi connectivity index (χ3v) is 8.04. The monoisotopic (exact) mass is 616 g/mol. The molecule has 0 aliphatic rings. The number of carbonyl (C=O) groups is 2. The third-order valence-electron chi connectivity index (χ3n) is 6.26. The van der Waals surface area contributed by atoms with Crippen LogP contribution in [0, 0.1) is 6.92 Å². The maximum atomic E-state index is 13.7. The zero-order valence-corrected chi connectivity index (χ0v) is 25.2. The number of aryl methyl sites for hydroxylation is 1. The first-order valence-corrected chi connectivity index (χ1v) is 14.8. The molecule has 0 fully saturated rings. The Bertz CT molecular complexity index is 1710. The first-order valence-electron chi connectivity index (χ1n) is 13.4. The Labute approximate surface area is 256 Å². The molecule has 0 aliphatic carbocycles. The highest BCUT2D eigenvalue weighted by Crippen LogP contribution is 2.35. The van der Waals surface area contributed by atoms with Crippen molar-refractivity contribution in [3.8, 4) is 17.2 Å². The van der Waals surface area contributed by atoms with Crippen molar-refractivity contribution in [2.45, 2.75) is 11.8 Å². The van der Waals surface area contributed by atoms with Crippen LogP contribution in [0.2, 0.25) is 0 Å². The molecule has 11 nitrogen and oxygen atoms in total. The number of sulfonamides is 1. The summed E-state index contributed by atoms with van der Waals surface area (Å²) in [6.07, 6.45) is 1.40. The van der Waals surface area contributed by atoms with E-state index in [0.717, 1.165) is 9.87 Å². The van der Waals surface area contributed by atoms with Gasteiger partial charge in [0.25, 0.3) is 21.8 Å². The molecule has 0 spiro atoms. The van der Waals surface area contributed by atoms with Crippen molar-refractivity contribution >= 4 is 39.4 Å². The zero-order chi connectivity index (χ0) is 31.5. The Morgan fingerprint density at radius 3 is 2.18 bits per heavy atom. The summed E-state index contributed by atoms with van der Waals surface area (Å²) in [6, 6.07) is 26.7. The Kier molecular flexibility index (Phi) is 10.5. The van der Waals surface area contributed by atoms with Crippen LogP contribution in [0.5, 0.6) is 17.2 Å². The second-order valence-electron chi connectivity index (χ2n) is 9.43. The van der Waals surface area contributed by atoms with Gasteiger partial charge in [0.05, 0.1) is 31.0 Å². The largest absolute Gasteiger partial charge is 0.497 e. The van der Waals surface area contributed by atoms with Crippen molar-refractivity contribution in [2.24, 2.45) is 5.10 Å². The summed E-state index contributed by atoms with van der Waals surface area (Å²) < 4.78 is 44.6. The second kappa shape index (κ2) is 14.7. The maximum absolute atomic E-state index is 13.7. The van der Waals surface area contributed by atoms with Gasteiger partial charge in [-0.3, -0.25) is 13.9 Å². The number of anilines is 2. The van der Waals surface area contributed by atoms with E-state index in [9.17, 15) is 18.0 Å². The van der Waals surface area contributed by atoms with Crippen LogP contribution in [0.25, 0.3) is 0 Å². The van der Waals surface area contributed by atoms with Crippen molar-refractivity contribution in [3.05, 3.63) is 108 Å². The first-order chi connectivity index (χ1) is 21.2. The normalized spacial score (nSPS) is 11.1. The zero-order valence-electron chi connectivity index (χ0n) is 24.4. The Hall–Kier alpha value is -5.36. The minimum atomic E-state index is -4.19. The fraction of sp³-hybridized carbons (Fsp3) is 0.156. The molecule has 0 unspecified atom stereocenters. The van der Waals surface area contributed by atoms with Crippen LogP contribution in [-0.4, -0.2) is 53.8 Å². The van der Waals surface area contributed by atoms with E-state index in [1.54, 1.807) is 60.7 Å². The number of benzene rings is 4. The van der Waals surface area contributed by atoms with Gasteiger partial charge in [0.2, 0.25) is 0 Å². The number of para-hydroxylation sites is 1. The molecule has 0 saturated carbocycles. The number of amides is 2. The number of nitrogens with zero attached hydrogens (tertiary/aromatic N) is 2. The molecule has 0 aromatic heterocycles. The molecule has 2 amide bonds. The molecule has 4 rings (SSSR count). The molecule has 0 radical (unpaired) electrons. The summed E-state index contributed by atoms with van der Waals surface area (Å²) >= 11 is 0. The predicted molar refractivity (Wildman–Crippen MR) is 168 cm³/mol. The van der Waals surface area contributed by atoms with E-state index >= 15 is 0 Å². The van der Waals surface area contributed by atoms with Gasteiger partial charge >= 0.3 is 0 Å². The number of rotatable bonds is 13. The van der Waals surface area contributed by atoms with Gasteiger partial charge < -0.3 is 19.5 Å². The minimum absolute atomic E-state index is 0.00382. The summed E-state index contributed by atoms with van der Waals surface area (Å²) in [5.41, 5.74) is 4.69. The smallest absolute Gasteiger partial charge is 0.264 e. The van der Waals surface area contributed by atoms with Gasteiger partial charge in [0.1, 0.15) is 23.8 Å². The fourth-order valence-corrected chi connectivity index (χ4v) is 5.41. The molecular weight excluding hydrogens is 584 g/mol. The van der Waals surface area contributed by atoms with Crippen LogP contribution < -0.4 is 29.3 Å². The van der Waals surface area contributed by atoms with Gasteiger partial charge in [0.15, 0.2) is 6.61 Å². The molecule has 0 atom stereocenters. The van der Waals surface area contributed by atoms with Crippen LogP contribution in [0.4, 0.5) is 11.4 Å². The third kappa shape index (κ3) is 8.35. The average Bonchev–Trinajstić information content (AvgIpc) is 3.03. The van der Waals surface area contributed by atoms with Crippen molar-refractivity contribution in [3.63, 3.8) is 0 Å². The lowest BCUT2D eigenvalue weighted by Gasteiger charge is -2.25. The second-order valence-corrected chi connectivity index (χ2v) is 11.3. The summed E-state index contributed by atoms with van der Waals surface area (Å²) in [7, 11) is -1.34. The molecule has 44 heavy (non-hydrogen) atoms. The number of nitrogens with one attached hydrogen (secondary N) is 2. The first kappa shape index (κ1) is 31.6. The standard InChI is InChI=1S/C32H32N4O7S/c1-23-9-16-28(17-10-23)44(39,40)36(29-19-27(41-2)15-18-30(29)42-3)21-31(37)35-33-20-24-11-13-26(14-12-24)43-22-32(38)34-25-7-5-4-6-8-25/h4-20H,21-22H2,1-3H3,(H,34,38)(H,35,37)/b33-20-. The lowest BCUT2D eigenvalue weighted by Crippen LogP contribution is -2.39. The summed E-state index contributed by atoms with van der Waals surface area (Å²) in [5, 5.41) is 6.71. The molecule has 12 heteroatoms. The average molecular weight is 617 g/mol. The lowest BCUT2D eigenvalue weighted by molar-refractivity contribution is -0.119. The van der Waals surface area contributed by atoms with Crippen LogP contribution in [0.3, 0.4) is 0 Å². The molecule has 0 aliphatic heterocycles. The predicted octanol–water partition coefficient (Wildman–Crippen LogP) is 4.38. The summed E-state index contributed by atoms with van der Waals surface area (Å²) in [4.78, 5) is 25.1. The van der Waals surface area contributed by atoms with Crippen molar-refractivity contribution in [1.82, 2.24) is 5.43 Å². The molecule has 228 valence electrons. The highest BCUT2D eigenvalue weighted by molar-refractivity contribution is 7.92. The van der Waals surface area contributed by atoms with E-state index < -0.39 is 22.5 Å². The highest BCUT2D eigenvalue weighted by atomic mass is 32.2. The molecule has 0 heterocycles. The van der Waals surface area contributed by atoms with E-state index in [4.69, 9.17) is 14.2 Å². The number of carbonyl (C=O) groups excluding carboxylic acids is 2. The molecule has 0 saturated heterocycles. The molecule has 2 N–H and O–H groups in total. The van der Waals surface area contributed by atoms with E-state index in [1.165, 1.54) is 38.6 Å². The SMILES string of the molecule is COc1ccc(OC)c(N(CC(=O)N/N=C\c2ccc(OCC(=O)Nc3ccccc3)cc2)S(=O)(=O)c2ccc(C)cc2)c1. The summed E-state index contributed by atoms with van der Waals surface area (Å²) in [6.45, 7) is 1.09. The van der Waals surface area contributed by atoms with Gasteiger partial charge in [-0.25, -0.2) is 13.8 Å². The Morgan fingerprint density at radius 2 is 1.52 bits per heavy atom. The maximum Gasteiger partial charge on any atom is 0.264 e. The molecule has 0 bridgehead atoms. The van der Waals surface area contributed by atoms with E-state index in [0.29, 0.717) is 22.7 Å². The van der Waals surface area contributed by atoms with Gasteiger partial charge in [-0.1, -0.05) is 35.9 Å². The molecule has 4 aromatic carbocycles. The number of ether oxygens (including phenoxy) is 3. The van der Waals surface area contributed by atoms with Gasteiger partial charge in [-0.2, -0.15) is 5.10 Å². The quantitative estimate of drug-likeness (QED) is 0.168. The van der Waals surface area contributed by atoms with Gasteiger partial charge in [-0.05, 0) is 73.2 Å². The van der Waals surface area contributed by atoms with Crippen molar-refractivity contribution in [2.75, 3.05) is 37.0 Å². The van der Waals surface area contributed by atoms with Crippen molar-refractivity contribution < 1.29 is 32.2 Å². The van der Waals surface area contributed by atoms with Crippen molar-refractivity contribution in [1.29, 1.82) is 0 Å². The van der Waals surface area contributed by atoms with E-state index in [1.807, 2.05) is 25.1 Å².